The molecule has 2 aromatic heterocycles. The van der Waals surface area contributed by atoms with Crippen LogP contribution in [0.3, 0.4) is 0 Å². The van der Waals surface area contributed by atoms with Crippen LogP contribution in [0.5, 0.6) is 0 Å². The smallest absolute Gasteiger partial charge is 0.164 e. The van der Waals surface area contributed by atoms with Crippen LogP contribution in [0.25, 0.3) is 105 Å². The van der Waals surface area contributed by atoms with Crippen molar-refractivity contribution in [2.75, 3.05) is 0 Å². The van der Waals surface area contributed by atoms with Gasteiger partial charge in [-0.1, -0.05) is 158 Å². The fourth-order valence-electron chi connectivity index (χ4n) is 8.20. The van der Waals surface area contributed by atoms with Crippen molar-refractivity contribution in [2.24, 2.45) is 0 Å². The van der Waals surface area contributed by atoms with E-state index in [0.29, 0.717) is 17.5 Å². The van der Waals surface area contributed by atoms with Gasteiger partial charge in [0.1, 0.15) is 0 Å². The van der Waals surface area contributed by atoms with E-state index in [4.69, 9.17) is 15.0 Å². The standard InChI is InChI=1S/C51H32N4/c1-4-14-33(15-5-1)34-24-27-38(28-25-34)55-47-23-13-12-22-42(47)46-31-44-41-29-26-37(30-43(41)39-20-10-11-21-40(39)45(44)32-48(46)55)51-53-49(35-16-6-2-7-17-35)52-50(54-51)36-18-8-3-9-19-36/h1-32H. The predicted molar refractivity (Wildman–Crippen MR) is 228 cm³/mol. The molecule has 0 aliphatic heterocycles. The maximum Gasteiger partial charge on any atom is 0.164 e. The molecular formula is C51H32N4. The molecular weight excluding hydrogens is 669 g/mol. The molecule has 2 heterocycles. The molecule has 9 aromatic carbocycles. The molecule has 11 rings (SSSR count). The van der Waals surface area contributed by atoms with Crippen molar-refractivity contribution in [2.45, 2.75) is 0 Å². The number of hydrogen-bond acceptors (Lipinski definition) is 3. The second-order valence-electron chi connectivity index (χ2n) is 14.0. The van der Waals surface area contributed by atoms with Crippen LogP contribution in [0.1, 0.15) is 0 Å². The van der Waals surface area contributed by atoms with Gasteiger partial charge in [0.25, 0.3) is 0 Å². The van der Waals surface area contributed by atoms with Gasteiger partial charge in [0.2, 0.25) is 0 Å². The van der Waals surface area contributed by atoms with Crippen molar-refractivity contribution in [3.05, 3.63) is 194 Å². The van der Waals surface area contributed by atoms with Crippen molar-refractivity contribution in [1.29, 1.82) is 0 Å². The molecule has 0 bridgehead atoms. The summed E-state index contributed by atoms with van der Waals surface area (Å²) in [7, 11) is 0. The van der Waals surface area contributed by atoms with Gasteiger partial charge in [-0.05, 0) is 79.8 Å². The summed E-state index contributed by atoms with van der Waals surface area (Å²) >= 11 is 0. The van der Waals surface area contributed by atoms with Crippen molar-refractivity contribution < 1.29 is 0 Å². The highest BCUT2D eigenvalue weighted by molar-refractivity contribution is 6.29. The summed E-state index contributed by atoms with van der Waals surface area (Å²) in [6.07, 6.45) is 0. The van der Waals surface area contributed by atoms with E-state index in [-0.39, 0.29) is 0 Å². The van der Waals surface area contributed by atoms with Crippen LogP contribution in [-0.4, -0.2) is 19.5 Å². The third kappa shape index (κ3) is 5.19. The lowest BCUT2D eigenvalue weighted by Crippen LogP contribution is -2.00. The largest absolute Gasteiger partial charge is 0.309 e. The predicted octanol–water partition coefficient (Wildman–Crippen LogP) is 13.1. The van der Waals surface area contributed by atoms with Crippen LogP contribution in [-0.2, 0) is 0 Å². The molecule has 55 heavy (non-hydrogen) atoms. The quantitative estimate of drug-likeness (QED) is 0.168. The zero-order valence-electron chi connectivity index (χ0n) is 29.8. The topological polar surface area (TPSA) is 43.6 Å². The van der Waals surface area contributed by atoms with E-state index in [1.165, 1.54) is 65.3 Å². The van der Waals surface area contributed by atoms with Gasteiger partial charge in [0.05, 0.1) is 11.0 Å². The highest BCUT2D eigenvalue weighted by Gasteiger charge is 2.18. The normalized spacial score (nSPS) is 11.6. The Balaban J connectivity index is 1.14. The first-order valence-corrected chi connectivity index (χ1v) is 18.6. The van der Waals surface area contributed by atoms with E-state index in [2.05, 4.69) is 138 Å². The lowest BCUT2D eigenvalue weighted by Gasteiger charge is -2.14. The third-order valence-corrected chi connectivity index (χ3v) is 10.8. The molecule has 0 N–H and O–H groups in total. The fraction of sp³-hybridized carbons (Fsp3) is 0. The van der Waals surface area contributed by atoms with E-state index in [1.54, 1.807) is 0 Å². The average Bonchev–Trinajstić information content (AvgIpc) is 3.60. The molecule has 11 aromatic rings. The monoisotopic (exact) mass is 700 g/mol. The van der Waals surface area contributed by atoms with E-state index in [0.717, 1.165) is 22.4 Å². The molecule has 0 atom stereocenters. The minimum atomic E-state index is 0.649. The highest BCUT2D eigenvalue weighted by Crippen LogP contribution is 2.42. The number of para-hydroxylation sites is 1. The maximum atomic E-state index is 5.05. The maximum absolute atomic E-state index is 5.05. The molecule has 4 nitrogen and oxygen atoms in total. The Morgan fingerprint density at radius 2 is 0.691 bits per heavy atom. The number of fused-ring (bicyclic) bond motifs is 9. The van der Waals surface area contributed by atoms with Crippen LogP contribution in [0.2, 0.25) is 0 Å². The lowest BCUT2D eigenvalue weighted by atomic mass is 9.92. The molecule has 256 valence electrons. The van der Waals surface area contributed by atoms with E-state index in [1.807, 2.05) is 60.7 Å². The van der Waals surface area contributed by atoms with Crippen LogP contribution < -0.4 is 0 Å². The Kier molecular flexibility index (Phi) is 7.14. The van der Waals surface area contributed by atoms with Gasteiger partial charge < -0.3 is 4.57 Å². The Morgan fingerprint density at radius 3 is 1.31 bits per heavy atom. The fourth-order valence-corrected chi connectivity index (χ4v) is 8.20. The highest BCUT2D eigenvalue weighted by atomic mass is 15.0. The van der Waals surface area contributed by atoms with Crippen molar-refractivity contribution >= 4 is 54.1 Å². The Morgan fingerprint density at radius 1 is 0.255 bits per heavy atom. The summed E-state index contributed by atoms with van der Waals surface area (Å²) in [6.45, 7) is 0. The summed E-state index contributed by atoms with van der Waals surface area (Å²) in [6, 6.07) is 68.8. The molecule has 0 radical (unpaired) electrons. The van der Waals surface area contributed by atoms with Crippen LogP contribution >= 0.6 is 0 Å². The van der Waals surface area contributed by atoms with Gasteiger partial charge in [-0.2, -0.15) is 0 Å². The first kappa shape index (κ1) is 31.1. The molecule has 0 fully saturated rings. The Bertz CT molecular complexity index is 3170. The van der Waals surface area contributed by atoms with Gasteiger partial charge >= 0.3 is 0 Å². The molecule has 0 saturated heterocycles. The molecule has 0 saturated carbocycles. The van der Waals surface area contributed by atoms with Crippen molar-refractivity contribution in [3.8, 4) is 51.0 Å². The molecule has 0 spiro atoms. The van der Waals surface area contributed by atoms with Crippen molar-refractivity contribution in [1.82, 2.24) is 19.5 Å². The van der Waals surface area contributed by atoms with Crippen LogP contribution in [0.4, 0.5) is 0 Å². The zero-order chi connectivity index (χ0) is 36.3. The molecule has 0 aliphatic rings. The van der Waals surface area contributed by atoms with Gasteiger partial charge in [0.15, 0.2) is 17.5 Å². The number of nitrogens with zero attached hydrogens (tertiary/aromatic N) is 4. The first-order chi connectivity index (χ1) is 27.3. The van der Waals surface area contributed by atoms with Gasteiger partial charge in [0, 0.05) is 33.2 Å². The third-order valence-electron chi connectivity index (χ3n) is 10.8. The minimum Gasteiger partial charge on any atom is -0.309 e. The van der Waals surface area contributed by atoms with Crippen LogP contribution in [0.15, 0.2) is 194 Å². The number of rotatable bonds is 5. The minimum absolute atomic E-state index is 0.649. The number of hydrogen-bond donors (Lipinski definition) is 0. The SMILES string of the molecule is c1ccc(-c2ccc(-n3c4ccccc4c4cc5c6ccc(-c7nc(-c8ccccc8)nc(-c8ccccc8)n7)cc6c6ccccc6c5cc43)cc2)cc1. The van der Waals surface area contributed by atoms with Crippen molar-refractivity contribution in [3.63, 3.8) is 0 Å². The van der Waals surface area contributed by atoms with E-state index in [9.17, 15) is 0 Å². The summed E-state index contributed by atoms with van der Waals surface area (Å²) in [5.74, 6) is 1.96. The second kappa shape index (κ2) is 12.6. The summed E-state index contributed by atoms with van der Waals surface area (Å²) in [4.78, 5) is 15.0. The van der Waals surface area contributed by atoms with Crippen LogP contribution in [0, 0.1) is 0 Å². The number of benzene rings is 9. The Labute approximate surface area is 317 Å². The van der Waals surface area contributed by atoms with Gasteiger partial charge in [-0.25, -0.2) is 15.0 Å². The molecule has 4 heteroatoms. The first-order valence-electron chi connectivity index (χ1n) is 18.6. The summed E-state index contributed by atoms with van der Waals surface area (Å²) in [5.41, 5.74) is 8.80. The lowest BCUT2D eigenvalue weighted by molar-refractivity contribution is 1.07. The number of aromatic nitrogens is 4. The van der Waals surface area contributed by atoms with E-state index >= 15 is 0 Å². The summed E-state index contributed by atoms with van der Waals surface area (Å²) < 4.78 is 2.41. The molecule has 0 amide bonds. The summed E-state index contributed by atoms with van der Waals surface area (Å²) in [5, 5.41) is 9.69. The zero-order valence-corrected chi connectivity index (χ0v) is 29.8. The van der Waals surface area contributed by atoms with E-state index < -0.39 is 0 Å². The average molecular weight is 701 g/mol. The van der Waals surface area contributed by atoms with Gasteiger partial charge in [-0.15, -0.1) is 0 Å². The van der Waals surface area contributed by atoms with Gasteiger partial charge in [-0.3, -0.25) is 0 Å². The second-order valence-corrected chi connectivity index (χ2v) is 14.0. The Hall–Kier alpha value is -7.43. The molecule has 0 aliphatic carbocycles. The molecule has 0 unspecified atom stereocenters.